The monoisotopic (exact) mass is 282 g/mol. The molecule has 1 rings (SSSR count). The molecule has 0 saturated carbocycles. The van der Waals surface area contributed by atoms with Gasteiger partial charge in [0.1, 0.15) is 5.56 Å². The summed E-state index contributed by atoms with van der Waals surface area (Å²) in [6.45, 7) is 4.89. The van der Waals surface area contributed by atoms with Crippen molar-refractivity contribution in [2.24, 2.45) is 0 Å². The zero-order chi connectivity index (χ0) is 15.3. The highest BCUT2D eigenvalue weighted by Gasteiger charge is 2.20. The van der Waals surface area contributed by atoms with Crippen molar-refractivity contribution >= 4 is 17.3 Å². The lowest BCUT2D eigenvalue weighted by atomic mass is 10.1. The van der Waals surface area contributed by atoms with Gasteiger partial charge in [0.15, 0.2) is 0 Å². The van der Waals surface area contributed by atoms with Gasteiger partial charge in [0.25, 0.3) is 5.69 Å². The van der Waals surface area contributed by atoms with Crippen molar-refractivity contribution < 1.29 is 19.6 Å². The van der Waals surface area contributed by atoms with Gasteiger partial charge in [0.05, 0.1) is 17.6 Å². The first kappa shape index (κ1) is 15.9. The third kappa shape index (κ3) is 4.20. The lowest BCUT2D eigenvalue weighted by Crippen LogP contribution is -2.24. The first-order valence-electron chi connectivity index (χ1n) is 6.17. The minimum Gasteiger partial charge on any atom is -0.477 e. The van der Waals surface area contributed by atoms with Gasteiger partial charge in [-0.2, -0.15) is 0 Å². The number of carboxylic acid groups (broad SMARTS) is 1. The van der Waals surface area contributed by atoms with E-state index >= 15 is 0 Å². The predicted octanol–water partition coefficient (Wildman–Crippen LogP) is 2.15. The molecule has 1 aromatic rings. The molecule has 0 saturated heterocycles. The van der Waals surface area contributed by atoms with Crippen LogP contribution in [-0.2, 0) is 4.74 Å². The van der Waals surface area contributed by atoms with E-state index in [0.29, 0.717) is 18.8 Å². The molecular formula is C13H18N2O5. The number of nitro groups is 1. The Bertz CT molecular complexity index is 502. The van der Waals surface area contributed by atoms with Gasteiger partial charge in [-0.1, -0.05) is 0 Å². The summed E-state index contributed by atoms with van der Waals surface area (Å²) in [7, 11) is 1.77. The van der Waals surface area contributed by atoms with E-state index in [0.717, 1.165) is 0 Å². The molecule has 0 amide bonds. The van der Waals surface area contributed by atoms with Crippen LogP contribution in [0.1, 0.15) is 24.2 Å². The third-order valence-corrected chi connectivity index (χ3v) is 2.73. The fourth-order valence-corrected chi connectivity index (χ4v) is 1.64. The summed E-state index contributed by atoms with van der Waals surface area (Å²) in [5, 5.41) is 19.8. The number of carbonyl (C=O) groups is 1. The number of nitrogens with zero attached hydrogens (tertiary/aromatic N) is 2. The maximum atomic E-state index is 10.9. The number of aromatic carboxylic acids is 1. The highest BCUT2D eigenvalue weighted by molar-refractivity contribution is 5.93. The van der Waals surface area contributed by atoms with Crippen LogP contribution in [0.3, 0.4) is 0 Å². The summed E-state index contributed by atoms with van der Waals surface area (Å²) < 4.78 is 5.40. The quantitative estimate of drug-likeness (QED) is 0.608. The summed E-state index contributed by atoms with van der Waals surface area (Å²) in [5.74, 6) is -1.31. The fraction of sp³-hybridized carbons (Fsp3) is 0.462. The molecule has 0 spiro atoms. The number of anilines is 1. The Hall–Kier alpha value is -2.15. The first-order valence-corrected chi connectivity index (χ1v) is 6.17. The van der Waals surface area contributed by atoms with Gasteiger partial charge in [-0.15, -0.1) is 0 Å². The molecule has 0 unspecified atom stereocenters. The van der Waals surface area contributed by atoms with Gasteiger partial charge < -0.3 is 14.7 Å². The Kier molecular flexibility index (Phi) is 5.45. The van der Waals surface area contributed by atoms with Gasteiger partial charge in [-0.25, -0.2) is 4.79 Å². The lowest BCUT2D eigenvalue weighted by molar-refractivity contribution is -0.385. The van der Waals surface area contributed by atoms with Gasteiger partial charge >= 0.3 is 5.97 Å². The largest absolute Gasteiger partial charge is 0.477 e. The Balaban J connectivity index is 2.88. The molecule has 1 N–H and O–H groups in total. The summed E-state index contributed by atoms with van der Waals surface area (Å²) in [5.41, 5.74) is -0.147. The molecule has 110 valence electrons. The summed E-state index contributed by atoms with van der Waals surface area (Å²) in [4.78, 5) is 22.9. The SMILES string of the molecule is CC(C)OCCN(C)c1ccc(C(=O)O)c([N+](=O)[O-])c1. The molecule has 0 aliphatic rings. The van der Waals surface area contributed by atoms with Crippen LogP contribution >= 0.6 is 0 Å². The Morgan fingerprint density at radius 2 is 2.15 bits per heavy atom. The highest BCUT2D eigenvalue weighted by Crippen LogP contribution is 2.25. The molecule has 0 aliphatic heterocycles. The Morgan fingerprint density at radius 3 is 2.65 bits per heavy atom. The number of nitro benzene ring substituents is 1. The van der Waals surface area contributed by atoms with Gasteiger partial charge in [0, 0.05) is 25.3 Å². The van der Waals surface area contributed by atoms with E-state index in [9.17, 15) is 14.9 Å². The van der Waals surface area contributed by atoms with Crippen molar-refractivity contribution in [3.8, 4) is 0 Å². The molecule has 0 heterocycles. The second-order valence-electron chi connectivity index (χ2n) is 4.60. The van der Waals surface area contributed by atoms with Crippen molar-refractivity contribution in [2.75, 3.05) is 25.1 Å². The second-order valence-corrected chi connectivity index (χ2v) is 4.60. The summed E-state index contributed by atoms with van der Waals surface area (Å²) >= 11 is 0. The molecule has 7 nitrogen and oxygen atoms in total. The van der Waals surface area contributed by atoms with Gasteiger partial charge in [-0.05, 0) is 26.0 Å². The standard InChI is InChI=1S/C13H18N2O5/c1-9(2)20-7-6-14(3)10-4-5-11(13(16)17)12(8-10)15(18)19/h4-5,8-9H,6-7H2,1-3H3,(H,16,17). The van der Waals surface area contributed by atoms with Crippen molar-refractivity contribution in [1.82, 2.24) is 0 Å². The van der Waals surface area contributed by atoms with Crippen molar-refractivity contribution in [1.29, 1.82) is 0 Å². The zero-order valence-electron chi connectivity index (χ0n) is 11.7. The molecule has 7 heteroatoms. The normalized spacial score (nSPS) is 10.6. The van der Waals surface area contributed by atoms with E-state index in [1.807, 2.05) is 13.8 Å². The van der Waals surface area contributed by atoms with E-state index in [2.05, 4.69) is 0 Å². The number of rotatable bonds is 7. The maximum absolute atomic E-state index is 10.9. The molecule has 0 radical (unpaired) electrons. The van der Waals surface area contributed by atoms with Crippen LogP contribution in [0.15, 0.2) is 18.2 Å². The van der Waals surface area contributed by atoms with Crippen molar-refractivity contribution in [3.63, 3.8) is 0 Å². The average Bonchev–Trinajstić information content (AvgIpc) is 2.37. The summed E-state index contributed by atoms with van der Waals surface area (Å²) in [6.07, 6.45) is 0.118. The predicted molar refractivity (Wildman–Crippen MR) is 74.4 cm³/mol. The number of ether oxygens (including phenoxy) is 1. The number of carboxylic acids is 1. The lowest BCUT2D eigenvalue weighted by Gasteiger charge is -2.20. The van der Waals surface area contributed by atoms with Crippen LogP contribution in [0.4, 0.5) is 11.4 Å². The maximum Gasteiger partial charge on any atom is 0.342 e. The highest BCUT2D eigenvalue weighted by atomic mass is 16.6. The molecule has 0 aliphatic carbocycles. The third-order valence-electron chi connectivity index (χ3n) is 2.73. The molecular weight excluding hydrogens is 264 g/mol. The zero-order valence-corrected chi connectivity index (χ0v) is 11.7. The molecule has 0 atom stereocenters. The molecule has 1 aromatic carbocycles. The van der Waals surface area contributed by atoms with E-state index in [1.54, 1.807) is 18.0 Å². The van der Waals surface area contributed by atoms with Crippen LogP contribution in [-0.4, -0.2) is 42.3 Å². The Labute approximate surface area is 116 Å². The molecule has 0 bridgehead atoms. The first-order chi connectivity index (χ1) is 9.32. The minimum atomic E-state index is -1.31. The smallest absolute Gasteiger partial charge is 0.342 e. The van der Waals surface area contributed by atoms with Crippen molar-refractivity contribution in [2.45, 2.75) is 20.0 Å². The minimum absolute atomic E-state index is 0.118. The second kappa shape index (κ2) is 6.85. The molecule has 0 fully saturated rings. The summed E-state index contributed by atoms with van der Waals surface area (Å²) in [6, 6.07) is 4.06. The van der Waals surface area contributed by atoms with Gasteiger partial charge in [-0.3, -0.25) is 10.1 Å². The van der Waals surface area contributed by atoms with Crippen LogP contribution in [0.5, 0.6) is 0 Å². The molecule has 0 aromatic heterocycles. The van der Waals surface area contributed by atoms with Crippen LogP contribution in [0.2, 0.25) is 0 Å². The number of hydrogen-bond donors (Lipinski definition) is 1. The van der Waals surface area contributed by atoms with E-state index < -0.39 is 16.6 Å². The average molecular weight is 282 g/mol. The fourth-order valence-electron chi connectivity index (χ4n) is 1.64. The van der Waals surface area contributed by atoms with Crippen LogP contribution < -0.4 is 4.90 Å². The van der Waals surface area contributed by atoms with E-state index in [4.69, 9.17) is 9.84 Å². The van der Waals surface area contributed by atoms with Crippen LogP contribution in [0, 0.1) is 10.1 Å². The number of benzene rings is 1. The van der Waals surface area contributed by atoms with Gasteiger partial charge in [0.2, 0.25) is 0 Å². The van der Waals surface area contributed by atoms with Crippen LogP contribution in [0.25, 0.3) is 0 Å². The van der Waals surface area contributed by atoms with E-state index in [1.165, 1.54) is 12.1 Å². The van der Waals surface area contributed by atoms with E-state index in [-0.39, 0.29) is 11.7 Å². The number of hydrogen-bond acceptors (Lipinski definition) is 5. The topological polar surface area (TPSA) is 92.9 Å². The Morgan fingerprint density at radius 1 is 1.50 bits per heavy atom. The molecule has 20 heavy (non-hydrogen) atoms. The van der Waals surface area contributed by atoms with Crippen molar-refractivity contribution in [3.05, 3.63) is 33.9 Å². The number of likely N-dealkylation sites (N-methyl/N-ethyl adjacent to an activating group) is 1.